The Hall–Kier alpha value is -5.30. The van der Waals surface area contributed by atoms with Crippen molar-refractivity contribution in [3.05, 3.63) is 131 Å². The Morgan fingerprint density at radius 2 is 1.51 bits per heavy atom. The van der Waals surface area contributed by atoms with Crippen LogP contribution in [-0.2, 0) is 21.4 Å². The predicted octanol–water partition coefficient (Wildman–Crippen LogP) is 7.20. The first-order valence-electron chi connectivity index (χ1n) is 16.3. The SMILES string of the molecule is CCCCCc1ccc(C(=O)[C@@H]2[C@H](C(=O)c3ccc(OC(C)=O)cc3)N3c4ccccc4C=C[C@H]3[C@@]23C(=O)Nc2ccccc23)cc1. The van der Waals surface area contributed by atoms with Crippen molar-refractivity contribution in [1.82, 2.24) is 0 Å². The van der Waals surface area contributed by atoms with Crippen molar-refractivity contribution in [3.63, 3.8) is 0 Å². The number of carbonyl (C=O) groups is 4. The fraction of sp³-hybridized carbons (Fsp3) is 0.250. The van der Waals surface area contributed by atoms with E-state index in [1.165, 1.54) is 6.92 Å². The van der Waals surface area contributed by atoms with Gasteiger partial charge in [-0.15, -0.1) is 0 Å². The average Bonchev–Trinajstić information content (AvgIpc) is 3.56. The lowest BCUT2D eigenvalue weighted by Crippen LogP contribution is -2.51. The monoisotopic (exact) mass is 624 g/mol. The van der Waals surface area contributed by atoms with Gasteiger partial charge in [0.2, 0.25) is 5.91 Å². The standard InChI is InChI=1S/C40H36N2O5/c1-3-4-5-10-26-15-17-28(18-16-26)37(44)35-36(38(45)29-19-22-30(23-20-29)47-25(2)43)42-33-14-9-6-11-27(33)21-24-34(42)40(35)31-12-7-8-13-32(31)41-39(40)46/h6-9,11-24,34-36H,3-5,10H2,1-2H3,(H,41,46)/t34-,35-,36+,40+/m0/s1. The first kappa shape index (κ1) is 30.4. The van der Waals surface area contributed by atoms with Crippen LogP contribution in [0.15, 0.2) is 103 Å². The number of rotatable bonds is 9. The number of unbranched alkanes of at least 4 members (excludes halogenated alkanes) is 2. The van der Waals surface area contributed by atoms with Gasteiger partial charge in [-0.05, 0) is 65.9 Å². The highest BCUT2D eigenvalue weighted by molar-refractivity contribution is 6.18. The third kappa shape index (κ3) is 4.97. The molecule has 1 spiro atoms. The molecule has 1 saturated heterocycles. The molecule has 7 rings (SSSR count). The van der Waals surface area contributed by atoms with Crippen LogP contribution in [0.1, 0.15) is 70.5 Å². The number of nitrogens with zero attached hydrogens (tertiary/aromatic N) is 1. The molecule has 0 aliphatic carbocycles. The minimum Gasteiger partial charge on any atom is -0.427 e. The molecule has 47 heavy (non-hydrogen) atoms. The first-order chi connectivity index (χ1) is 22.8. The summed E-state index contributed by atoms with van der Waals surface area (Å²) in [5.41, 5.74) is 3.62. The van der Waals surface area contributed by atoms with E-state index in [1.807, 2.05) is 89.8 Å². The normalized spacial score (nSPS) is 22.0. The molecule has 0 radical (unpaired) electrons. The van der Waals surface area contributed by atoms with Crippen molar-refractivity contribution >= 4 is 40.9 Å². The minimum atomic E-state index is -1.38. The topological polar surface area (TPSA) is 92.8 Å². The number of anilines is 2. The van der Waals surface area contributed by atoms with Gasteiger partial charge >= 0.3 is 5.97 Å². The van der Waals surface area contributed by atoms with Gasteiger partial charge in [0.05, 0.1) is 12.0 Å². The molecule has 4 aromatic rings. The van der Waals surface area contributed by atoms with Crippen LogP contribution < -0.4 is 15.0 Å². The van der Waals surface area contributed by atoms with Gasteiger partial charge in [-0.2, -0.15) is 0 Å². The molecule has 0 unspecified atom stereocenters. The predicted molar refractivity (Wildman–Crippen MR) is 182 cm³/mol. The number of fused-ring (bicyclic) bond motifs is 6. The Labute approximate surface area is 274 Å². The van der Waals surface area contributed by atoms with Gasteiger partial charge in [-0.25, -0.2) is 0 Å². The summed E-state index contributed by atoms with van der Waals surface area (Å²) in [5.74, 6) is -2.05. The zero-order valence-electron chi connectivity index (χ0n) is 26.4. The zero-order chi connectivity index (χ0) is 32.7. The summed E-state index contributed by atoms with van der Waals surface area (Å²) in [6.45, 7) is 3.49. The second kappa shape index (κ2) is 12.1. The van der Waals surface area contributed by atoms with Gasteiger partial charge in [-0.3, -0.25) is 19.2 Å². The molecule has 3 aliphatic rings. The van der Waals surface area contributed by atoms with E-state index < -0.39 is 29.4 Å². The van der Waals surface area contributed by atoms with Gasteiger partial charge < -0.3 is 15.0 Å². The lowest BCUT2D eigenvalue weighted by Gasteiger charge is -2.37. The molecule has 1 fully saturated rings. The smallest absolute Gasteiger partial charge is 0.308 e. The number of hydrogen-bond acceptors (Lipinski definition) is 6. The molecule has 0 bridgehead atoms. The summed E-state index contributed by atoms with van der Waals surface area (Å²) in [6.07, 6.45) is 8.21. The lowest BCUT2D eigenvalue weighted by atomic mass is 9.64. The van der Waals surface area contributed by atoms with E-state index in [2.05, 4.69) is 12.2 Å². The van der Waals surface area contributed by atoms with Gasteiger partial charge in [0, 0.05) is 29.4 Å². The largest absolute Gasteiger partial charge is 0.427 e. The van der Waals surface area contributed by atoms with Crippen molar-refractivity contribution in [2.75, 3.05) is 10.2 Å². The van der Waals surface area contributed by atoms with E-state index in [1.54, 1.807) is 24.3 Å². The summed E-state index contributed by atoms with van der Waals surface area (Å²) >= 11 is 0. The van der Waals surface area contributed by atoms with Crippen molar-refractivity contribution < 1.29 is 23.9 Å². The number of carbonyl (C=O) groups excluding carboxylic acids is 4. The quantitative estimate of drug-likeness (QED) is 0.0917. The molecule has 4 atom stereocenters. The van der Waals surface area contributed by atoms with Crippen LogP contribution in [-0.4, -0.2) is 35.5 Å². The molecule has 0 aromatic heterocycles. The van der Waals surface area contributed by atoms with Crippen LogP contribution in [0, 0.1) is 5.92 Å². The van der Waals surface area contributed by atoms with E-state index in [-0.39, 0.29) is 17.5 Å². The summed E-state index contributed by atoms with van der Waals surface area (Å²) in [4.78, 5) is 58.0. The van der Waals surface area contributed by atoms with E-state index in [9.17, 15) is 14.4 Å². The highest BCUT2D eigenvalue weighted by atomic mass is 16.5. The third-order valence-corrected chi connectivity index (χ3v) is 9.80. The second-order valence-electron chi connectivity index (χ2n) is 12.6. The molecule has 1 N–H and O–H groups in total. The number of ketones is 2. The maximum atomic E-state index is 15.1. The van der Waals surface area contributed by atoms with Crippen LogP contribution in [0.3, 0.4) is 0 Å². The van der Waals surface area contributed by atoms with Crippen LogP contribution in [0.2, 0.25) is 0 Å². The molecule has 0 saturated carbocycles. The van der Waals surface area contributed by atoms with E-state index in [0.29, 0.717) is 28.1 Å². The Morgan fingerprint density at radius 3 is 2.26 bits per heavy atom. The summed E-state index contributed by atoms with van der Waals surface area (Å²) < 4.78 is 5.22. The Kier molecular flexibility index (Phi) is 7.84. The maximum Gasteiger partial charge on any atom is 0.308 e. The summed E-state index contributed by atoms with van der Waals surface area (Å²) in [7, 11) is 0. The molecular weight excluding hydrogens is 588 g/mol. The third-order valence-electron chi connectivity index (χ3n) is 9.80. The van der Waals surface area contributed by atoms with Crippen molar-refractivity contribution in [3.8, 4) is 5.75 Å². The summed E-state index contributed by atoms with van der Waals surface area (Å²) in [6, 6.07) is 27.6. The molecule has 1 amide bonds. The Morgan fingerprint density at radius 1 is 0.830 bits per heavy atom. The maximum absolute atomic E-state index is 15.1. The van der Waals surface area contributed by atoms with Crippen molar-refractivity contribution in [2.45, 2.75) is 57.0 Å². The van der Waals surface area contributed by atoms with Crippen LogP contribution in [0.25, 0.3) is 6.08 Å². The highest BCUT2D eigenvalue weighted by Gasteiger charge is 2.70. The van der Waals surface area contributed by atoms with Crippen molar-refractivity contribution in [2.24, 2.45) is 5.92 Å². The Balaban J connectivity index is 1.41. The fourth-order valence-electron chi connectivity index (χ4n) is 7.74. The van der Waals surface area contributed by atoms with E-state index >= 15 is 4.79 Å². The number of nitrogens with one attached hydrogen (secondary N) is 1. The lowest BCUT2D eigenvalue weighted by molar-refractivity contribution is -0.131. The fourth-order valence-corrected chi connectivity index (χ4v) is 7.74. The zero-order valence-corrected chi connectivity index (χ0v) is 26.4. The highest BCUT2D eigenvalue weighted by Crippen LogP contribution is 2.58. The van der Waals surface area contributed by atoms with Crippen LogP contribution >= 0.6 is 0 Å². The number of ether oxygens (including phenoxy) is 1. The molecular formula is C40H36N2O5. The minimum absolute atomic E-state index is 0.257. The van der Waals surface area contributed by atoms with Gasteiger partial charge in [0.25, 0.3) is 0 Å². The average molecular weight is 625 g/mol. The molecule has 4 aromatic carbocycles. The van der Waals surface area contributed by atoms with E-state index in [4.69, 9.17) is 4.74 Å². The van der Waals surface area contributed by atoms with Gasteiger partial charge in [0.1, 0.15) is 17.2 Å². The number of para-hydroxylation sites is 2. The Bertz CT molecular complexity index is 1910. The van der Waals surface area contributed by atoms with Gasteiger partial charge in [0.15, 0.2) is 11.6 Å². The van der Waals surface area contributed by atoms with Gasteiger partial charge in [-0.1, -0.05) is 92.6 Å². The van der Waals surface area contributed by atoms with Crippen LogP contribution in [0.5, 0.6) is 5.75 Å². The summed E-state index contributed by atoms with van der Waals surface area (Å²) in [5, 5.41) is 3.07. The molecule has 3 aliphatic heterocycles. The van der Waals surface area contributed by atoms with Crippen LogP contribution in [0.4, 0.5) is 11.4 Å². The molecule has 236 valence electrons. The number of amides is 1. The second-order valence-corrected chi connectivity index (χ2v) is 12.6. The molecule has 7 nitrogen and oxygen atoms in total. The first-order valence-corrected chi connectivity index (χ1v) is 16.3. The number of hydrogen-bond donors (Lipinski definition) is 1. The number of benzene rings is 4. The van der Waals surface area contributed by atoms with Crippen molar-refractivity contribution in [1.29, 1.82) is 0 Å². The number of esters is 1. The molecule has 7 heteroatoms. The number of aryl methyl sites for hydroxylation is 1. The van der Waals surface area contributed by atoms with E-state index in [0.717, 1.165) is 42.5 Å². The number of Topliss-reactive ketones (excluding diaryl/α,β-unsaturated/α-hetero) is 2. The molecule has 3 heterocycles.